The van der Waals surface area contributed by atoms with Crippen LogP contribution in [0, 0.1) is 34.0 Å². The van der Waals surface area contributed by atoms with Crippen LogP contribution in [0.25, 0.3) is 0 Å². The third kappa shape index (κ3) is 0.838. The van der Waals surface area contributed by atoms with Crippen molar-refractivity contribution in [2.45, 2.75) is 13.8 Å². The number of hydrogen-bond acceptors (Lipinski definition) is 3. The molecule has 5 fully saturated rings. The second-order valence-electron chi connectivity index (χ2n) is 7.19. The zero-order valence-corrected chi connectivity index (χ0v) is 12.6. The predicted octanol–water partition coefficient (Wildman–Crippen LogP) is 2.12. The Hall–Kier alpha value is -0.380. The first-order chi connectivity index (χ1) is 9.11. The van der Waals surface area contributed by atoms with Crippen LogP contribution >= 0.6 is 0 Å². The summed E-state index contributed by atoms with van der Waals surface area (Å²) in [4.78, 5) is 0. The zero-order valence-electron chi connectivity index (χ0n) is 12.6. The number of methoxy groups -OCH3 is 3. The summed E-state index contributed by atoms with van der Waals surface area (Å²) in [5.74, 6) is 2.26. The van der Waals surface area contributed by atoms with E-state index in [0.29, 0.717) is 22.2 Å². The van der Waals surface area contributed by atoms with Gasteiger partial charge in [0.2, 0.25) is 0 Å². The number of rotatable bonds is 6. The molecule has 0 saturated heterocycles. The van der Waals surface area contributed by atoms with E-state index in [2.05, 4.69) is 13.8 Å². The van der Waals surface area contributed by atoms with Crippen molar-refractivity contribution in [3.8, 4) is 0 Å². The fourth-order valence-corrected chi connectivity index (χ4v) is 6.90. The second kappa shape index (κ2) is 3.26. The van der Waals surface area contributed by atoms with Gasteiger partial charge in [0.15, 0.2) is 0 Å². The highest BCUT2D eigenvalue weighted by Crippen LogP contribution is 3.11. The van der Waals surface area contributed by atoms with E-state index in [9.17, 15) is 0 Å². The summed E-state index contributed by atoms with van der Waals surface area (Å²) in [6.07, 6.45) is 0. The Morgan fingerprint density at radius 3 is 2.05 bits per heavy atom. The summed E-state index contributed by atoms with van der Waals surface area (Å²) in [6, 6.07) is 0. The van der Waals surface area contributed by atoms with E-state index in [1.165, 1.54) is 5.57 Å². The molecule has 5 aliphatic rings. The molecule has 0 aromatic carbocycles. The molecule has 6 atom stereocenters. The lowest BCUT2D eigenvalue weighted by Gasteiger charge is -2.42. The predicted molar refractivity (Wildman–Crippen MR) is 71.8 cm³/mol. The minimum Gasteiger partial charge on any atom is -0.384 e. The molecule has 0 aromatic heterocycles. The van der Waals surface area contributed by atoms with Gasteiger partial charge in [-0.25, -0.2) is 0 Å². The first-order valence-electron chi connectivity index (χ1n) is 7.26. The maximum atomic E-state index is 5.62. The molecular weight excluding hydrogens is 240 g/mol. The second-order valence-corrected chi connectivity index (χ2v) is 7.19. The van der Waals surface area contributed by atoms with E-state index in [1.807, 2.05) is 21.3 Å². The lowest BCUT2D eigenvalue weighted by molar-refractivity contribution is -0.0734. The number of hydrogen-bond donors (Lipinski definition) is 0. The molecule has 0 heterocycles. The van der Waals surface area contributed by atoms with Crippen LogP contribution in [0.3, 0.4) is 0 Å². The summed E-state index contributed by atoms with van der Waals surface area (Å²) in [7, 11) is 5.51. The minimum atomic E-state index is 0.322. The van der Waals surface area contributed by atoms with Crippen LogP contribution in [0.2, 0.25) is 0 Å². The van der Waals surface area contributed by atoms with Crippen LogP contribution in [-0.4, -0.2) is 41.2 Å². The van der Waals surface area contributed by atoms with Gasteiger partial charge in [-0.1, -0.05) is 11.1 Å². The molecule has 0 aromatic rings. The molecular formula is C16H24O3. The van der Waals surface area contributed by atoms with Gasteiger partial charge in [0.25, 0.3) is 0 Å². The topological polar surface area (TPSA) is 27.7 Å². The largest absolute Gasteiger partial charge is 0.384 e. The molecule has 5 aliphatic carbocycles. The lowest BCUT2D eigenvalue weighted by atomic mass is 9.65. The molecule has 0 radical (unpaired) electrons. The summed E-state index contributed by atoms with van der Waals surface area (Å²) in [5, 5.41) is 0. The number of allylic oxidation sites excluding steroid dienone is 2. The monoisotopic (exact) mass is 264 g/mol. The zero-order chi connectivity index (χ0) is 13.6. The maximum Gasteiger partial charge on any atom is 0.0537 e. The van der Waals surface area contributed by atoms with E-state index in [4.69, 9.17) is 14.2 Å². The minimum absolute atomic E-state index is 0.322. The van der Waals surface area contributed by atoms with Crippen molar-refractivity contribution in [1.82, 2.24) is 0 Å². The first-order valence-corrected chi connectivity index (χ1v) is 7.26. The molecule has 3 heteroatoms. The van der Waals surface area contributed by atoms with Gasteiger partial charge in [0.1, 0.15) is 0 Å². The Kier molecular flexibility index (Phi) is 2.12. The van der Waals surface area contributed by atoms with Crippen molar-refractivity contribution in [2.24, 2.45) is 34.0 Å². The molecule has 0 spiro atoms. The first kappa shape index (κ1) is 12.4. The van der Waals surface area contributed by atoms with Crippen molar-refractivity contribution >= 4 is 0 Å². The van der Waals surface area contributed by atoms with Crippen LogP contribution in [-0.2, 0) is 14.2 Å². The van der Waals surface area contributed by atoms with Gasteiger partial charge < -0.3 is 14.2 Å². The highest BCUT2D eigenvalue weighted by Gasteiger charge is 3.12. The molecule has 5 saturated carbocycles. The Labute approximate surface area is 115 Å². The lowest BCUT2D eigenvalue weighted by Crippen LogP contribution is -2.46. The molecule has 5 rings (SSSR count). The van der Waals surface area contributed by atoms with Gasteiger partial charge >= 0.3 is 0 Å². The van der Waals surface area contributed by atoms with Crippen molar-refractivity contribution in [3.63, 3.8) is 0 Å². The average molecular weight is 264 g/mol. The quantitative estimate of drug-likeness (QED) is 0.688. The maximum absolute atomic E-state index is 5.62. The molecule has 0 unspecified atom stereocenters. The molecule has 3 nitrogen and oxygen atoms in total. The van der Waals surface area contributed by atoms with Gasteiger partial charge in [-0.2, -0.15) is 0 Å². The highest BCUT2D eigenvalue weighted by molar-refractivity contribution is 5.67. The fourth-order valence-electron chi connectivity index (χ4n) is 6.90. The fraction of sp³-hybridized carbons (Fsp3) is 0.875. The smallest absolute Gasteiger partial charge is 0.0537 e. The normalized spacial score (nSPS) is 54.8. The van der Waals surface area contributed by atoms with Crippen molar-refractivity contribution in [3.05, 3.63) is 11.1 Å². The van der Waals surface area contributed by atoms with Crippen LogP contribution in [0.1, 0.15) is 13.8 Å². The van der Waals surface area contributed by atoms with E-state index < -0.39 is 0 Å². The Bertz CT molecular complexity index is 464. The summed E-state index contributed by atoms with van der Waals surface area (Å²) in [5.41, 5.74) is 4.33. The van der Waals surface area contributed by atoms with Crippen molar-refractivity contribution in [2.75, 3.05) is 41.2 Å². The van der Waals surface area contributed by atoms with Gasteiger partial charge in [-0.05, 0) is 31.6 Å². The summed E-state index contributed by atoms with van der Waals surface area (Å²) >= 11 is 0. The highest BCUT2D eigenvalue weighted by atomic mass is 16.5. The molecule has 0 aliphatic heterocycles. The molecule has 0 N–H and O–H groups in total. The standard InChI is InChI=1S/C16H24O3/c1-9(2)10-11-13-14(11,6-17-3)16(8-19-5)12(10)15(13,16)7-18-4/h11-13H,6-8H2,1-5H3/t11-,12+,13-,14+,15+,16-/m0/s1. The Balaban J connectivity index is 1.80. The average Bonchev–Trinajstić information content (AvgIpc) is 3.01. The van der Waals surface area contributed by atoms with Crippen LogP contribution in [0.15, 0.2) is 11.1 Å². The van der Waals surface area contributed by atoms with Crippen LogP contribution < -0.4 is 0 Å². The number of ether oxygens (including phenoxy) is 3. The van der Waals surface area contributed by atoms with E-state index in [1.54, 1.807) is 5.57 Å². The third-order valence-electron chi connectivity index (χ3n) is 6.84. The Morgan fingerprint density at radius 2 is 1.53 bits per heavy atom. The third-order valence-corrected chi connectivity index (χ3v) is 6.84. The van der Waals surface area contributed by atoms with E-state index in [0.717, 1.165) is 31.7 Å². The molecule has 2 bridgehead atoms. The van der Waals surface area contributed by atoms with Gasteiger partial charge in [0, 0.05) is 37.6 Å². The summed E-state index contributed by atoms with van der Waals surface area (Å²) < 4.78 is 16.8. The van der Waals surface area contributed by atoms with Crippen LogP contribution in [0.5, 0.6) is 0 Å². The molecule has 19 heavy (non-hydrogen) atoms. The van der Waals surface area contributed by atoms with Gasteiger partial charge in [-0.15, -0.1) is 0 Å². The van der Waals surface area contributed by atoms with Crippen molar-refractivity contribution < 1.29 is 14.2 Å². The molecule has 0 amide bonds. The van der Waals surface area contributed by atoms with Gasteiger partial charge in [-0.3, -0.25) is 0 Å². The van der Waals surface area contributed by atoms with Gasteiger partial charge in [0.05, 0.1) is 19.8 Å². The van der Waals surface area contributed by atoms with E-state index >= 15 is 0 Å². The summed E-state index contributed by atoms with van der Waals surface area (Å²) in [6.45, 7) is 7.20. The SMILES string of the molecule is COC[C@]12[C@H]3[C@@H]4C(=C(C)C)[C@H]1[C@@]2(COC)[C@@]34COC. The molecule has 106 valence electrons. The van der Waals surface area contributed by atoms with Crippen LogP contribution in [0.4, 0.5) is 0 Å². The van der Waals surface area contributed by atoms with E-state index in [-0.39, 0.29) is 0 Å². The Morgan fingerprint density at radius 1 is 0.947 bits per heavy atom. The van der Waals surface area contributed by atoms with Crippen molar-refractivity contribution in [1.29, 1.82) is 0 Å².